The van der Waals surface area contributed by atoms with Gasteiger partial charge in [-0.05, 0) is 37.1 Å². The lowest BCUT2D eigenvalue weighted by atomic mass is 9.99. The third-order valence-electron chi connectivity index (χ3n) is 3.02. The zero-order valence-electron chi connectivity index (χ0n) is 10.1. The smallest absolute Gasteiger partial charge is 0.224 e. The zero-order valence-corrected chi connectivity index (χ0v) is 11.7. The van der Waals surface area contributed by atoms with Crippen molar-refractivity contribution in [2.24, 2.45) is 5.92 Å². The molecule has 2 rings (SSSR count). The van der Waals surface area contributed by atoms with E-state index in [2.05, 4.69) is 10.6 Å². The Kier molecular flexibility index (Phi) is 6.47. The molecule has 5 heteroatoms. The normalized spacial score (nSPS) is 18.8. The van der Waals surface area contributed by atoms with Gasteiger partial charge in [-0.2, -0.15) is 0 Å². The molecule has 0 bridgehead atoms. The number of hydrogen-bond acceptors (Lipinski definition) is 2. The average molecular weight is 289 g/mol. The summed E-state index contributed by atoms with van der Waals surface area (Å²) >= 11 is 5.89. The summed E-state index contributed by atoms with van der Waals surface area (Å²) in [5, 5.41) is 6.90. The first kappa shape index (κ1) is 15.3. The van der Waals surface area contributed by atoms with Gasteiger partial charge in [-0.1, -0.05) is 23.7 Å². The summed E-state index contributed by atoms with van der Waals surface area (Å²) < 4.78 is 0. The van der Waals surface area contributed by atoms with Gasteiger partial charge in [0.1, 0.15) is 0 Å². The van der Waals surface area contributed by atoms with Crippen molar-refractivity contribution in [2.75, 3.05) is 13.1 Å². The molecule has 100 valence electrons. The van der Waals surface area contributed by atoms with E-state index in [0.29, 0.717) is 11.6 Å². The lowest BCUT2D eigenvalue weighted by molar-refractivity contribution is -0.125. The first-order valence-electron chi connectivity index (χ1n) is 5.98. The van der Waals surface area contributed by atoms with Gasteiger partial charge in [0.25, 0.3) is 0 Å². The molecule has 0 radical (unpaired) electrons. The van der Waals surface area contributed by atoms with Gasteiger partial charge in [0, 0.05) is 18.1 Å². The number of amides is 1. The van der Waals surface area contributed by atoms with Crippen molar-refractivity contribution in [3.05, 3.63) is 34.9 Å². The lowest BCUT2D eigenvalue weighted by Gasteiger charge is -2.21. The molecule has 1 atom stereocenters. The maximum absolute atomic E-state index is 11.9. The van der Waals surface area contributed by atoms with E-state index in [0.717, 1.165) is 31.5 Å². The Morgan fingerprint density at radius 1 is 1.50 bits per heavy atom. The van der Waals surface area contributed by atoms with Crippen molar-refractivity contribution in [1.82, 2.24) is 10.6 Å². The van der Waals surface area contributed by atoms with Gasteiger partial charge in [-0.25, -0.2) is 0 Å². The number of hydrogen-bond donors (Lipinski definition) is 2. The van der Waals surface area contributed by atoms with Gasteiger partial charge in [0.2, 0.25) is 5.91 Å². The zero-order chi connectivity index (χ0) is 12.1. The molecule has 3 nitrogen and oxygen atoms in total. The van der Waals surface area contributed by atoms with Crippen molar-refractivity contribution < 1.29 is 4.79 Å². The van der Waals surface area contributed by atoms with Crippen molar-refractivity contribution >= 4 is 29.9 Å². The van der Waals surface area contributed by atoms with Gasteiger partial charge in [-0.3, -0.25) is 4.79 Å². The predicted molar refractivity (Wildman–Crippen MR) is 76.1 cm³/mol. The SMILES string of the molecule is Cl.O=C(NCc1cccc(Cl)c1)C1CCCNC1. The van der Waals surface area contributed by atoms with Crippen LogP contribution >= 0.6 is 24.0 Å². The highest BCUT2D eigenvalue weighted by Crippen LogP contribution is 2.12. The summed E-state index contributed by atoms with van der Waals surface area (Å²) in [5.74, 6) is 0.250. The number of rotatable bonds is 3. The van der Waals surface area contributed by atoms with Crippen LogP contribution in [-0.4, -0.2) is 19.0 Å². The molecule has 1 saturated heterocycles. The summed E-state index contributed by atoms with van der Waals surface area (Å²) in [4.78, 5) is 11.9. The van der Waals surface area contributed by atoms with E-state index >= 15 is 0 Å². The Balaban J connectivity index is 0.00000162. The van der Waals surface area contributed by atoms with Crippen LogP contribution in [0.25, 0.3) is 0 Å². The Morgan fingerprint density at radius 3 is 3.00 bits per heavy atom. The van der Waals surface area contributed by atoms with Gasteiger partial charge in [0.15, 0.2) is 0 Å². The topological polar surface area (TPSA) is 41.1 Å². The second-order valence-corrected chi connectivity index (χ2v) is 4.83. The van der Waals surface area contributed by atoms with Crippen LogP contribution in [0, 0.1) is 5.92 Å². The van der Waals surface area contributed by atoms with Crippen molar-refractivity contribution in [1.29, 1.82) is 0 Å². The van der Waals surface area contributed by atoms with E-state index in [4.69, 9.17) is 11.6 Å². The maximum atomic E-state index is 11.9. The van der Waals surface area contributed by atoms with Crippen LogP contribution in [0.5, 0.6) is 0 Å². The molecule has 0 aliphatic carbocycles. The third-order valence-corrected chi connectivity index (χ3v) is 3.26. The highest BCUT2D eigenvalue weighted by molar-refractivity contribution is 6.30. The molecule has 0 spiro atoms. The highest BCUT2D eigenvalue weighted by atomic mass is 35.5. The van der Waals surface area contributed by atoms with Crippen LogP contribution in [0.15, 0.2) is 24.3 Å². The number of benzene rings is 1. The summed E-state index contributed by atoms with van der Waals surface area (Å²) in [6.07, 6.45) is 2.06. The van der Waals surface area contributed by atoms with Crippen LogP contribution in [0.2, 0.25) is 5.02 Å². The van der Waals surface area contributed by atoms with Crippen molar-refractivity contribution in [3.63, 3.8) is 0 Å². The van der Waals surface area contributed by atoms with Crippen LogP contribution < -0.4 is 10.6 Å². The lowest BCUT2D eigenvalue weighted by Crippen LogP contribution is -2.40. The number of halogens is 2. The second kappa shape index (κ2) is 7.62. The molecule has 2 N–H and O–H groups in total. The quantitative estimate of drug-likeness (QED) is 0.897. The van der Waals surface area contributed by atoms with E-state index in [1.54, 1.807) is 0 Å². The van der Waals surface area contributed by atoms with Gasteiger partial charge in [-0.15, -0.1) is 12.4 Å². The largest absolute Gasteiger partial charge is 0.352 e. The monoisotopic (exact) mass is 288 g/mol. The van der Waals surface area contributed by atoms with Gasteiger partial charge < -0.3 is 10.6 Å². The molecule has 0 saturated carbocycles. The van der Waals surface area contributed by atoms with Crippen LogP contribution in [0.4, 0.5) is 0 Å². The molecule has 1 unspecified atom stereocenters. The summed E-state index contributed by atoms with van der Waals surface area (Å²) in [5.41, 5.74) is 1.04. The number of carbonyl (C=O) groups is 1. The number of carbonyl (C=O) groups excluding carboxylic acids is 1. The predicted octanol–water partition coefficient (Wildman–Crippen LogP) is 2.38. The Morgan fingerprint density at radius 2 is 2.33 bits per heavy atom. The molecule has 1 aliphatic rings. The summed E-state index contributed by atoms with van der Waals surface area (Å²) in [6.45, 7) is 2.37. The average Bonchev–Trinajstić information content (AvgIpc) is 2.37. The Bertz CT molecular complexity index is 392. The van der Waals surface area contributed by atoms with Crippen LogP contribution in [-0.2, 0) is 11.3 Å². The second-order valence-electron chi connectivity index (χ2n) is 4.39. The number of nitrogens with one attached hydrogen (secondary N) is 2. The van der Waals surface area contributed by atoms with Gasteiger partial charge in [0.05, 0.1) is 5.92 Å². The fourth-order valence-corrected chi connectivity index (χ4v) is 2.27. The van der Waals surface area contributed by atoms with Crippen LogP contribution in [0.3, 0.4) is 0 Å². The van der Waals surface area contributed by atoms with E-state index in [-0.39, 0.29) is 24.2 Å². The molecule has 0 aromatic heterocycles. The molecule has 1 fully saturated rings. The molecule has 18 heavy (non-hydrogen) atoms. The molecule has 1 aromatic carbocycles. The fraction of sp³-hybridized carbons (Fsp3) is 0.462. The fourth-order valence-electron chi connectivity index (χ4n) is 2.06. The Hall–Kier alpha value is -0.770. The molecular weight excluding hydrogens is 271 g/mol. The first-order chi connectivity index (χ1) is 8.25. The minimum Gasteiger partial charge on any atom is -0.352 e. The minimum absolute atomic E-state index is 0. The van der Waals surface area contributed by atoms with E-state index in [1.165, 1.54) is 0 Å². The first-order valence-corrected chi connectivity index (χ1v) is 6.36. The number of piperidine rings is 1. The molecule has 1 heterocycles. The van der Waals surface area contributed by atoms with E-state index in [9.17, 15) is 4.79 Å². The molecular formula is C13H18Cl2N2O. The summed E-state index contributed by atoms with van der Waals surface area (Å²) in [7, 11) is 0. The van der Waals surface area contributed by atoms with Gasteiger partial charge >= 0.3 is 0 Å². The van der Waals surface area contributed by atoms with E-state index in [1.807, 2.05) is 24.3 Å². The van der Waals surface area contributed by atoms with E-state index < -0.39 is 0 Å². The minimum atomic E-state index is 0. The summed E-state index contributed by atoms with van der Waals surface area (Å²) in [6, 6.07) is 7.57. The molecule has 1 aromatic rings. The molecule has 1 aliphatic heterocycles. The highest BCUT2D eigenvalue weighted by Gasteiger charge is 2.20. The standard InChI is InChI=1S/C13H17ClN2O.ClH/c14-12-5-1-3-10(7-12)8-16-13(17)11-4-2-6-15-9-11;/h1,3,5,7,11,15H,2,4,6,8-9H2,(H,16,17);1H. The molecule has 1 amide bonds. The third kappa shape index (κ3) is 4.48. The maximum Gasteiger partial charge on any atom is 0.224 e. The van der Waals surface area contributed by atoms with Crippen LogP contribution in [0.1, 0.15) is 18.4 Å². The van der Waals surface area contributed by atoms with Crippen molar-refractivity contribution in [2.45, 2.75) is 19.4 Å². The Labute approximate surface area is 119 Å². The van der Waals surface area contributed by atoms with Crippen molar-refractivity contribution in [3.8, 4) is 0 Å².